The van der Waals surface area contributed by atoms with Gasteiger partial charge in [-0.15, -0.1) is 11.3 Å². The minimum atomic E-state index is 0.0708. The molecule has 1 amide bonds. The van der Waals surface area contributed by atoms with Crippen molar-refractivity contribution < 1.29 is 9.53 Å². The van der Waals surface area contributed by atoms with Gasteiger partial charge in [0.1, 0.15) is 0 Å². The van der Waals surface area contributed by atoms with Crippen LogP contribution in [0.4, 0.5) is 0 Å². The zero-order valence-corrected chi connectivity index (χ0v) is 16.5. The number of thiophene rings is 1. The van der Waals surface area contributed by atoms with E-state index in [1.54, 1.807) is 18.4 Å². The third-order valence-electron chi connectivity index (χ3n) is 4.92. The lowest BCUT2D eigenvalue weighted by Gasteiger charge is -2.24. The van der Waals surface area contributed by atoms with Gasteiger partial charge in [0, 0.05) is 35.5 Å². The highest BCUT2D eigenvalue weighted by molar-refractivity contribution is 7.11. The Morgan fingerprint density at radius 2 is 2.08 bits per heavy atom. The Bertz CT molecular complexity index is 705. The van der Waals surface area contributed by atoms with E-state index in [0.717, 1.165) is 18.7 Å². The van der Waals surface area contributed by atoms with Crippen LogP contribution in [-0.2, 0) is 11.3 Å². The van der Waals surface area contributed by atoms with Crippen molar-refractivity contribution in [2.45, 2.75) is 32.2 Å². The fourth-order valence-corrected chi connectivity index (χ4v) is 4.33. The van der Waals surface area contributed by atoms with Crippen LogP contribution >= 0.6 is 11.3 Å². The Morgan fingerprint density at radius 1 is 1.27 bits per heavy atom. The molecular weight excluding hydrogens is 344 g/mol. The molecule has 1 aliphatic heterocycles. The fraction of sp³-hybridized carbons (Fsp3) is 0.476. The zero-order chi connectivity index (χ0) is 18.4. The molecular formula is C21H28N2O2S. The van der Waals surface area contributed by atoms with E-state index in [1.165, 1.54) is 28.2 Å². The number of ether oxygens (including phenoxy) is 1. The molecule has 26 heavy (non-hydrogen) atoms. The van der Waals surface area contributed by atoms with E-state index >= 15 is 0 Å². The lowest BCUT2D eigenvalue weighted by atomic mass is 9.91. The van der Waals surface area contributed by atoms with E-state index in [0.29, 0.717) is 25.6 Å². The van der Waals surface area contributed by atoms with Gasteiger partial charge >= 0.3 is 0 Å². The molecule has 0 radical (unpaired) electrons. The number of nitrogens with one attached hydrogen (secondary N) is 1. The highest BCUT2D eigenvalue weighted by Crippen LogP contribution is 2.24. The van der Waals surface area contributed by atoms with Crippen molar-refractivity contribution in [3.8, 4) is 0 Å². The lowest BCUT2D eigenvalue weighted by molar-refractivity contribution is 0.0682. The molecule has 0 saturated carbocycles. The number of methoxy groups -OCH3 is 1. The van der Waals surface area contributed by atoms with Crippen LogP contribution in [0.15, 0.2) is 36.4 Å². The summed E-state index contributed by atoms with van der Waals surface area (Å²) >= 11 is 1.74. The predicted octanol–water partition coefficient (Wildman–Crippen LogP) is 3.81. The average molecular weight is 373 g/mol. The standard InChI is InChI=1S/C21H28N2O2S/c1-16-5-10-20(26-16)15-23(12-13-25-2)21(24)18-8-6-17(7-9-18)19-4-3-11-22-14-19/h5-10,19,22H,3-4,11-15H2,1-2H3. The highest BCUT2D eigenvalue weighted by Gasteiger charge is 2.19. The van der Waals surface area contributed by atoms with Gasteiger partial charge in [-0.3, -0.25) is 4.79 Å². The van der Waals surface area contributed by atoms with Crippen molar-refractivity contribution in [1.29, 1.82) is 0 Å². The van der Waals surface area contributed by atoms with E-state index in [4.69, 9.17) is 4.74 Å². The first-order chi connectivity index (χ1) is 12.7. The van der Waals surface area contributed by atoms with E-state index in [1.807, 2.05) is 17.0 Å². The average Bonchev–Trinajstić information content (AvgIpc) is 3.10. The quantitative estimate of drug-likeness (QED) is 0.803. The molecule has 140 valence electrons. The van der Waals surface area contributed by atoms with Crippen LogP contribution < -0.4 is 5.32 Å². The number of carbonyl (C=O) groups excluding carboxylic acids is 1. The van der Waals surface area contributed by atoms with Gasteiger partial charge in [-0.25, -0.2) is 0 Å². The molecule has 0 bridgehead atoms. The summed E-state index contributed by atoms with van der Waals surface area (Å²) in [5.74, 6) is 0.632. The number of rotatable bonds is 7. The van der Waals surface area contributed by atoms with Gasteiger partial charge in [-0.1, -0.05) is 12.1 Å². The third kappa shape index (κ3) is 4.93. The first kappa shape index (κ1) is 19.1. The smallest absolute Gasteiger partial charge is 0.254 e. The highest BCUT2D eigenvalue weighted by atomic mass is 32.1. The summed E-state index contributed by atoms with van der Waals surface area (Å²) in [6.45, 7) is 6.01. The Kier molecular flexibility index (Phi) is 6.83. The molecule has 1 fully saturated rings. The summed E-state index contributed by atoms with van der Waals surface area (Å²) in [5, 5.41) is 3.45. The van der Waals surface area contributed by atoms with Crippen molar-refractivity contribution in [3.63, 3.8) is 0 Å². The number of hydrogen-bond acceptors (Lipinski definition) is 4. The van der Waals surface area contributed by atoms with Gasteiger partial charge in [-0.2, -0.15) is 0 Å². The summed E-state index contributed by atoms with van der Waals surface area (Å²) in [4.78, 5) is 17.4. The van der Waals surface area contributed by atoms with Crippen LogP contribution in [0, 0.1) is 6.92 Å². The molecule has 1 aromatic heterocycles. The van der Waals surface area contributed by atoms with E-state index in [2.05, 4.69) is 36.5 Å². The number of benzene rings is 1. The Morgan fingerprint density at radius 3 is 2.69 bits per heavy atom. The number of carbonyl (C=O) groups is 1. The summed E-state index contributed by atoms with van der Waals surface area (Å²) < 4.78 is 5.20. The molecule has 1 atom stereocenters. The topological polar surface area (TPSA) is 41.6 Å². The normalized spacial score (nSPS) is 17.2. The van der Waals surface area contributed by atoms with Crippen molar-refractivity contribution in [2.24, 2.45) is 0 Å². The van der Waals surface area contributed by atoms with Crippen LogP contribution in [0.3, 0.4) is 0 Å². The van der Waals surface area contributed by atoms with Crippen LogP contribution in [0.2, 0.25) is 0 Å². The molecule has 2 heterocycles. The van der Waals surface area contributed by atoms with Gasteiger partial charge in [0.05, 0.1) is 13.2 Å². The van der Waals surface area contributed by atoms with Crippen LogP contribution in [0.25, 0.3) is 0 Å². The maximum Gasteiger partial charge on any atom is 0.254 e. The molecule has 1 N–H and O–H groups in total. The number of amides is 1. The summed E-state index contributed by atoms with van der Waals surface area (Å²) in [7, 11) is 1.67. The van der Waals surface area contributed by atoms with Crippen LogP contribution in [0.5, 0.6) is 0 Å². The van der Waals surface area contributed by atoms with Crippen molar-refractivity contribution in [3.05, 3.63) is 57.3 Å². The molecule has 5 heteroatoms. The van der Waals surface area contributed by atoms with Gasteiger partial charge < -0.3 is 15.0 Å². The molecule has 1 unspecified atom stereocenters. The molecule has 0 spiro atoms. The molecule has 2 aromatic rings. The zero-order valence-electron chi connectivity index (χ0n) is 15.7. The minimum Gasteiger partial charge on any atom is -0.383 e. The monoisotopic (exact) mass is 372 g/mol. The van der Waals surface area contributed by atoms with E-state index in [9.17, 15) is 4.79 Å². The maximum absolute atomic E-state index is 13.0. The molecule has 1 aliphatic rings. The second kappa shape index (κ2) is 9.31. The Balaban J connectivity index is 1.70. The van der Waals surface area contributed by atoms with Crippen LogP contribution in [0.1, 0.15) is 44.4 Å². The summed E-state index contributed by atoms with van der Waals surface area (Å²) in [6, 6.07) is 12.4. The van der Waals surface area contributed by atoms with Gasteiger partial charge in [-0.05, 0) is 62.1 Å². The fourth-order valence-electron chi connectivity index (χ4n) is 3.43. The van der Waals surface area contributed by atoms with E-state index in [-0.39, 0.29) is 5.91 Å². The number of aryl methyl sites for hydroxylation is 1. The third-order valence-corrected chi connectivity index (χ3v) is 5.91. The van der Waals surface area contributed by atoms with E-state index < -0.39 is 0 Å². The molecule has 0 aliphatic carbocycles. The number of hydrogen-bond donors (Lipinski definition) is 1. The molecule has 3 rings (SSSR count). The predicted molar refractivity (Wildman–Crippen MR) is 107 cm³/mol. The maximum atomic E-state index is 13.0. The van der Waals surface area contributed by atoms with Crippen LogP contribution in [-0.4, -0.2) is 44.2 Å². The first-order valence-corrected chi connectivity index (χ1v) is 10.1. The summed E-state index contributed by atoms with van der Waals surface area (Å²) in [6.07, 6.45) is 2.44. The molecule has 1 saturated heterocycles. The van der Waals surface area contributed by atoms with Gasteiger partial charge in [0.15, 0.2) is 0 Å². The van der Waals surface area contributed by atoms with Crippen molar-refractivity contribution in [1.82, 2.24) is 10.2 Å². The SMILES string of the molecule is COCCN(Cc1ccc(C)s1)C(=O)c1ccc(C2CCCNC2)cc1. The second-order valence-electron chi connectivity index (χ2n) is 6.90. The number of piperidine rings is 1. The molecule has 4 nitrogen and oxygen atoms in total. The first-order valence-electron chi connectivity index (χ1n) is 9.31. The van der Waals surface area contributed by atoms with Gasteiger partial charge in [0.25, 0.3) is 5.91 Å². The molecule has 1 aromatic carbocycles. The van der Waals surface area contributed by atoms with Crippen molar-refractivity contribution >= 4 is 17.2 Å². The second-order valence-corrected chi connectivity index (χ2v) is 8.27. The van der Waals surface area contributed by atoms with Gasteiger partial charge in [0.2, 0.25) is 0 Å². The largest absolute Gasteiger partial charge is 0.383 e. The Hall–Kier alpha value is -1.69. The Labute approximate surface area is 160 Å². The minimum absolute atomic E-state index is 0.0708. The number of nitrogens with zero attached hydrogens (tertiary/aromatic N) is 1. The summed E-state index contributed by atoms with van der Waals surface area (Å²) in [5.41, 5.74) is 2.08. The van der Waals surface area contributed by atoms with Crippen molar-refractivity contribution in [2.75, 3.05) is 33.4 Å². The lowest BCUT2D eigenvalue weighted by Crippen LogP contribution is -2.33.